The normalized spacial score (nSPS) is 10.0. The van der Waals surface area contributed by atoms with Crippen molar-refractivity contribution in [2.45, 2.75) is 6.54 Å². The molecule has 0 spiro atoms. The van der Waals surface area contributed by atoms with E-state index in [-0.39, 0.29) is 11.6 Å². The van der Waals surface area contributed by atoms with E-state index < -0.39 is 0 Å². The largest absolute Gasteiger partial charge is 0.372 e. The highest BCUT2D eigenvalue weighted by Gasteiger charge is 2.08. The summed E-state index contributed by atoms with van der Waals surface area (Å²) >= 11 is 5.87. The third-order valence-electron chi connectivity index (χ3n) is 2.47. The SMILES string of the molecule is CNc1cncc(C(=O)NCc2cccc(Cl)c2)n1. The topological polar surface area (TPSA) is 66.9 Å². The van der Waals surface area contributed by atoms with Crippen LogP contribution < -0.4 is 10.6 Å². The van der Waals surface area contributed by atoms with Crippen molar-refractivity contribution in [1.29, 1.82) is 0 Å². The van der Waals surface area contributed by atoms with Crippen molar-refractivity contribution in [3.8, 4) is 0 Å². The van der Waals surface area contributed by atoms with Crippen molar-refractivity contribution in [2.75, 3.05) is 12.4 Å². The number of hydrogen-bond acceptors (Lipinski definition) is 4. The minimum absolute atomic E-state index is 0.272. The molecule has 0 aliphatic rings. The summed E-state index contributed by atoms with van der Waals surface area (Å²) < 4.78 is 0. The summed E-state index contributed by atoms with van der Waals surface area (Å²) in [6.07, 6.45) is 2.97. The van der Waals surface area contributed by atoms with Crippen LogP contribution >= 0.6 is 11.6 Å². The lowest BCUT2D eigenvalue weighted by Crippen LogP contribution is -2.24. The summed E-state index contributed by atoms with van der Waals surface area (Å²) in [5, 5.41) is 6.24. The van der Waals surface area contributed by atoms with Crippen molar-refractivity contribution >= 4 is 23.3 Å². The zero-order valence-corrected chi connectivity index (χ0v) is 11.1. The maximum Gasteiger partial charge on any atom is 0.271 e. The van der Waals surface area contributed by atoms with Crippen LogP contribution in [-0.4, -0.2) is 22.9 Å². The fourth-order valence-corrected chi connectivity index (χ4v) is 1.73. The second-order valence-corrected chi connectivity index (χ2v) is 4.29. The van der Waals surface area contributed by atoms with Gasteiger partial charge in [0.15, 0.2) is 0 Å². The Hall–Kier alpha value is -2.14. The Morgan fingerprint density at radius 3 is 2.95 bits per heavy atom. The van der Waals surface area contributed by atoms with Crippen LogP contribution in [0.4, 0.5) is 5.82 Å². The Morgan fingerprint density at radius 1 is 1.37 bits per heavy atom. The molecule has 0 atom stereocenters. The molecule has 0 saturated heterocycles. The molecular weight excluding hydrogens is 264 g/mol. The summed E-state index contributed by atoms with van der Waals surface area (Å²) in [6.45, 7) is 0.394. The van der Waals surface area contributed by atoms with E-state index in [0.717, 1.165) is 5.56 Å². The smallest absolute Gasteiger partial charge is 0.271 e. The fraction of sp³-hybridized carbons (Fsp3) is 0.154. The van der Waals surface area contributed by atoms with Crippen molar-refractivity contribution in [2.24, 2.45) is 0 Å². The van der Waals surface area contributed by atoms with Gasteiger partial charge in [-0.2, -0.15) is 0 Å². The number of nitrogens with one attached hydrogen (secondary N) is 2. The second-order valence-electron chi connectivity index (χ2n) is 3.85. The van der Waals surface area contributed by atoms with E-state index in [0.29, 0.717) is 17.4 Å². The molecule has 0 radical (unpaired) electrons. The molecule has 0 aliphatic heterocycles. The van der Waals surface area contributed by atoms with E-state index in [9.17, 15) is 4.79 Å². The predicted molar refractivity (Wildman–Crippen MR) is 74.2 cm³/mol. The minimum atomic E-state index is -0.274. The van der Waals surface area contributed by atoms with Gasteiger partial charge in [-0.15, -0.1) is 0 Å². The Labute approximate surface area is 116 Å². The molecule has 1 aromatic heterocycles. The Bertz CT molecular complexity index is 588. The first-order valence-corrected chi connectivity index (χ1v) is 6.09. The lowest BCUT2D eigenvalue weighted by atomic mass is 10.2. The molecule has 1 heterocycles. The van der Waals surface area contributed by atoms with Gasteiger partial charge >= 0.3 is 0 Å². The van der Waals surface area contributed by atoms with Crippen LogP contribution in [0.3, 0.4) is 0 Å². The Morgan fingerprint density at radius 2 is 2.21 bits per heavy atom. The third-order valence-corrected chi connectivity index (χ3v) is 2.70. The van der Waals surface area contributed by atoms with Crippen molar-refractivity contribution in [1.82, 2.24) is 15.3 Å². The van der Waals surface area contributed by atoms with E-state index in [1.54, 1.807) is 25.4 Å². The summed E-state index contributed by atoms with van der Waals surface area (Å²) in [5.74, 6) is 0.278. The number of benzene rings is 1. The standard InChI is InChI=1S/C13H13ClN4O/c1-15-12-8-16-7-11(18-12)13(19)17-6-9-3-2-4-10(14)5-9/h2-5,7-8H,6H2,1H3,(H,15,18)(H,17,19). The van der Waals surface area contributed by atoms with Crippen LogP contribution in [0.5, 0.6) is 0 Å². The predicted octanol–water partition coefficient (Wildman–Crippen LogP) is 2.10. The zero-order chi connectivity index (χ0) is 13.7. The maximum absolute atomic E-state index is 11.9. The van der Waals surface area contributed by atoms with Gasteiger partial charge in [-0.3, -0.25) is 9.78 Å². The first-order chi connectivity index (χ1) is 9.19. The molecule has 2 rings (SSSR count). The highest BCUT2D eigenvalue weighted by Crippen LogP contribution is 2.10. The molecule has 0 saturated carbocycles. The molecule has 2 N–H and O–H groups in total. The first kappa shape index (κ1) is 13.3. The lowest BCUT2D eigenvalue weighted by molar-refractivity contribution is 0.0945. The Kier molecular flexibility index (Phi) is 4.30. The van der Waals surface area contributed by atoms with Crippen LogP contribution in [0.25, 0.3) is 0 Å². The summed E-state index contributed by atoms with van der Waals surface area (Å²) in [6, 6.07) is 7.32. The third kappa shape index (κ3) is 3.66. The first-order valence-electron chi connectivity index (χ1n) is 5.71. The molecule has 5 nitrogen and oxygen atoms in total. The van der Waals surface area contributed by atoms with Crippen LogP contribution in [0.15, 0.2) is 36.7 Å². The number of halogens is 1. The maximum atomic E-state index is 11.9. The van der Waals surface area contributed by atoms with Gasteiger partial charge in [-0.25, -0.2) is 4.98 Å². The lowest BCUT2D eigenvalue weighted by Gasteiger charge is -2.06. The van der Waals surface area contributed by atoms with Gasteiger partial charge in [0.25, 0.3) is 5.91 Å². The van der Waals surface area contributed by atoms with Crippen molar-refractivity contribution in [3.63, 3.8) is 0 Å². The number of rotatable bonds is 4. The van der Waals surface area contributed by atoms with Gasteiger partial charge in [0, 0.05) is 18.6 Å². The molecule has 0 bridgehead atoms. The number of hydrogen-bond donors (Lipinski definition) is 2. The fourth-order valence-electron chi connectivity index (χ4n) is 1.52. The highest BCUT2D eigenvalue weighted by molar-refractivity contribution is 6.30. The number of amides is 1. The zero-order valence-electron chi connectivity index (χ0n) is 10.4. The molecule has 1 amide bonds. The number of aromatic nitrogens is 2. The van der Waals surface area contributed by atoms with E-state index in [2.05, 4.69) is 20.6 Å². The van der Waals surface area contributed by atoms with Gasteiger partial charge in [-0.05, 0) is 17.7 Å². The summed E-state index contributed by atoms with van der Waals surface area (Å²) in [4.78, 5) is 19.9. The van der Waals surface area contributed by atoms with Crippen molar-refractivity contribution in [3.05, 3.63) is 52.9 Å². The average Bonchev–Trinajstić information content (AvgIpc) is 2.45. The summed E-state index contributed by atoms with van der Waals surface area (Å²) in [7, 11) is 1.72. The van der Waals surface area contributed by atoms with Crippen LogP contribution in [-0.2, 0) is 6.54 Å². The van der Waals surface area contributed by atoms with Gasteiger partial charge < -0.3 is 10.6 Å². The Balaban J connectivity index is 2.01. The number of carbonyl (C=O) groups is 1. The molecule has 6 heteroatoms. The molecule has 2 aromatic rings. The average molecular weight is 277 g/mol. The number of nitrogens with zero attached hydrogens (tertiary/aromatic N) is 2. The van der Waals surface area contributed by atoms with Crippen LogP contribution in [0.1, 0.15) is 16.1 Å². The highest BCUT2D eigenvalue weighted by atomic mass is 35.5. The molecule has 19 heavy (non-hydrogen) atoms. The monoisotopic (exact) mass is 276 g/mol. The van der Waals surface area contributed by atoms with Crippen LogP contribution in [0.2, 0.25) is 5.02 Å². The molecule has 1 aromatic carbocycles. The van der Waals surface area contributed by atoms with E-state index in [4.69, 9.17) is 11.6 Å². The molecule has 98 valence electrons. The van der Waals surface area contributed by atoms with Gasteiger partial charge in [0.05, 0.1) is 12.4 Å². The number of anilines is 1. The van der Waals surface area contributed by atoms with E-state index in [1.807, 2.05) is 12.1 Å². The number of carbonyl (C=O) groups excluding carboxylic acids is 1. The molecule has 0 fully saturated rings. The van der Waals surface area contributed by atoms with Gasteiger partial charge in [0.2, 0.25) is 0 Å². The van der Waals surface area contributed by atoms with E-state index >= 15 is 0 Å². The van der Waals surface area contributed by atoms with Crippen molar-refractivity contribution < 1.29 is 4.79 Å². The summed E-state index contributed by atoms with van der Waals surface area (Å²) in [5.41, 5.74) is 1.20. The van der Waals surface area contributed by atoms with Gasteiger partial charge in [-0.1, -0.05) is 23.7 Å². The second kappa shape index (κ2) is 6.15. The van der Waals surface area contributed by atoms with E-state index in [1.165, 1.54) is 6.20 Å². The van der Waals surface area contributed by atoms with Gasteiger partial charge in [0.1, 0.15) is 11.5 Å². The molecule has 0 aliphatic carbocycles. The van der Waals surface area contributed by atoms with Crippen LogP contribution in [0, 0.1) is 0 Å². The quantitative estimate of drug-likeness (QED) is 0.897. The molecule has 0 unspecified atom stereocenters. The minimum Gasteiger partial charge on any atom is -0.372 e. The molecular formula is C13H13ClN4O.